The van der Waals surface area contributed by atoms with Gasteiger partial charge in [0.05, 0.1) is 0 Å². The number of rotatable bonds is 5. The molecule has 2 nitrogen and oxygen atoms in total. The van der Waals surface area contributed by atoms with Crippen molar-refractivity contribution >= 4 is 23.4 Å². The van der Waals surface area contributed by atoms with Gasteiger partial charge in [-0.15, -0.1) is 0 Å². The molecular formula is C16H19ClN2S. The third-order valence-corrected chi connectivity index (χ3v) is 4.49. The van der Waals surface area contributed by atoms with Crippen molar-refractivity contribution in [3.05, 3.63) is 46.9 Å². The second kappa shape index (κ2) is 7.09. The Labute approximate surface area is 130 Å². The molecule has 0 aliphatic carbocycles. The third kappa shape index (κ3) is 3.74. The second-order valence-corrected chi connectivity index (χ2v) is 6.44. The van der Waals surface area contributed by atoms with Crippen LogP contribution in [-0.4, -0.2) is 9.97 Å². The topological polar surface area (TPSA) is 25.8 Å². The van der Waals surface area contributed by atoms with E-state index >= 15 is 0 Å². The van der Waals surface area contributed by atoms with E-state index in [0.29, 0.717) is 11.1 Å². The van der Waals surface area contributed by atoms with E-state index in [1.807, 2.05) is 0 Å². The highest BCUT2D eigenvalue weighted by molar-refractivity contribution is 7.99. The number of nitrogens with zero attached hydrogens (tertiary/aromatic N) is 2. The van der Waals surface area contributed by atoms with E-state index in [2.05, 4.69) is 55.0 Å². The highest BCUT2D eigenvalue weighted by atomic mass is 35.5. The van der Waals surface area contributed by atoms with Gasteiger partial charge in [0.1, 0.15) is 16.5 Å². The third-order valence-electron chi connectivity index (χ3n) is 3.11. The minimum absolute atomic E-state index is 0.554. The van der Waals surface area contributed by atoms with Gasteiger partial charge in [-0.1, -0.05) is 62.7 Å². The molecular weight excluding hydrogens is 288 g/mol. The van der Waals surface area contributed by atoms with Crippen molar-refractivity contribution in [2.75, 3.05) is 0 Å². The Morgan fingerprint density at radius 1 is 1.15 bits per heavy atom. The van der Waals surface area contributed by atoms with Crippen LogP contribution in [0.2, 0.25) is 5.15 Å². The van der Waals surface area contributed by atoms with Crippen molar-refractivity contribution in [2.45, 2.75) is 49.5 Å². The largest absolute Gasteiger partial charge is 0.229 e. The molecule has 2 aromatic rings. The highest BCUT2D eigenvalue weighted by Gasteiger charge is 2.10. The van der Waals surface area contributed by atoms with Crippen LogP contribution in [0.5, 0.6) is 0 Å². The molecule has 1 aromatic carbocycles. The molecule has 106 valence electrons. The van der Waals surface area contributed by atoms with Crippen molar-refractivity contribution in [1.29, 1.82) is 0 Å². The van der Waals surface area contributed by atoms with E-state index in [9.17, 15) is 0 Å². The molecule has 0 fully saturated rings. The summed E-state index contributed by atoms with van der Waals surface area (Å²) < 4.78 is 0. The van der Waals surface area contributed by atoms with Crippen molar-refractivity contribution in [2.24, 2.45) is 0 Å². The molecule has 0 unspecified atom stereocenters. The van der Waals surface area contributed by atoms with Gasteiger partial charge in [-0.25, -0.2) is 9.97 Å². The number of halogens is 1. The van der Waals surface area contributed by atoms with Crippen LogP contribution >= 0.6 is 23.4 Å². The van der Waals surface area contributed by atoms with Gasteiger partial charge in [0.25, 0.3) is 0 Å². The number of hydrogen-bond donors (Lipinski definition) is 0. The van der Waals surface area contributed by atoms with E-state index in [-0.39, 0.29) is 0 Å². The molecule has 1 aromatic heterocycles. The average Bonchev–Trinajstić information content (AvgIpc) is 2.43. The molecule has 0 radical (unpaired) electrons. The molecule has 4 heteroatoms. The van der Waals surface area contributed by atoms with E-state index in [1.165, 1.54) is 16.8 Å². The number of hydrogen-bond acceptors (Lipinski definition) is 3. The standard InChI is InChI=1S/C16H19ClN2S/c1-4-5-14-15(17)18-10-19-16(14)20-13-8-6-12(7-9-13)11(2)3/h6-11H,4-5H2,1-3H3. The molecule has 0 aliphatic heterocycles. The van der Waals surface area contributed by atoms with Gasteiger partial charge >= 0.3 is 0 Å². The summed E-state index contributed by atoms with van der Waals surface area (Å²) in [6.45, 7) is 6.53. The summed E-state index contributed by atoms with van der Waals surface area (Å²) in [7, 11) is 0. The van der Waals surface area contributed by atoms with Crippen molar-refractivity contribution < 1.29 is 0 Å². The Balaban J connectivity index is 2.23. The molecule has 0 spiro atoms. The van der Waals surface area contributed by atoms with Crippen molar-refractivity contribution in [3.63, 3.8) is 0 Å². The average molecular weight is 307 g/mol. The lowest BCUT2D eigenvalue weighted by Crippen LogP contribution is -1.95. The zero-order valence-electron chi connectivity index (χ0n) is 12.1. The Kier molecular flexibility index (Phi) is 5.44. The molecule has 0 N–H and O–H groups in total. The van der Waals surface area contributed by atoms with Gasteiger partial charge < -0.3 is 0 Å². The Bertz CT molecular complexity index is 567. The molecule has 0 saturated carbocycles. The zero-order chi connectivity index (χ0) is 14.5. The first kappa shape index (κ1) is 15.3. The number of benzene rings is 1. The minimum Gasteiger partial charge on any atom is -0.229 e. The summed E-state index contributed by atoms with van der Waals surface area (Å²) in [6.07, 6.45) is 3.48. The predicted octanol–water partition coefficient (Wildman–Crippen LogP) is 5.36. The first-order valence-electron chi connectivity index (χ1n) is 6.89. The van der Waals surface area contributed by atoms with Crippen LogP contribution in [0.25, 0.3) is 0 Å². The maximum Gasteiger partial charge on any atom is 0.136 e. The molecule has 0 aliphatic rings. The van der Waals surface area contributed by atoms with Crippen LogP contribution < -0.4 is 0 Å². The normalized spacial score (nSPS) is 11.1. The van der Waals surface area contributed by atoms with Gasteiger partial charge in [0, 0.05) is 10.5 Å². The minimum atomic E-state index is 0.554. The fourth-order valence-electron chi connectivity index (χ4n) is 1.96. The summed E-state index contributed by atoms with van der Waals surface area (Å²) in [5.41, 5.74) is 2.40. The van der Waals surface area contributed by atoms with Crippen LogP contribution in [0.15, 0.2) is 40.5 Å². The van der Waals surface area contributed by atoms with Gasteiger partial charge in [0.15, 0.2) is 0 Å². The van der Waals surface area contributed by atoms with Gasteiger partial charge in [-0.2, -0.15) is 0 Å². The summed E-state index contributed by atoms with van der Waals surface area (Å²) in [5.74, 6) is 0.554. The Morgan fingerprint density at radius 2 is 1.85 bits per heavy atom. The zero-order valence-corrected chi connectivity index (χ0v) is 13.6. The second-order valence-electron chi connectivity index (χ2n) is 5.02. The maximum absolute atomic E-state index is 6.18. The summed E-state index contributed by atoms with van der Waals surface area (Å²) in [6, 6.07) is 8.64. The van der Waals surface area contributed by atoms with Crippen LogP contribution in [0.1, 0.15) is 44.2 Å². The van der Waals surface area contributed by atoms with E-state index in [4.69, 9.17) is 11.6 Å². The lowest BCUT2D eigenvalue weighted by atomic mass is 10.0. The molecule has 0 atom stereocenters. The first-order chi connectivity index (χ1) is 9.61. The molecule has 0 amide bonds. The lowest BCUT2D eigenvalue weighted by molar-refractivity contribution is 0.855. The van der Waals surface area contributed by atoms with E-state index in [0.717, 1.165) is 23.4 Å². The summed E-state index contributed by atoms with van der Waals surface area (Å²) in [4.78, 5) is 9.64. The monoisotopic (exact) mass is 306 g/mol. The lowest BCUT2D eigenvalue weighted by Gasteiger charge is -2.09. The highest BCUT2D eigenvalue weighted by Crippen LogP contribution is 2.32. The molecule has 20 heavy (non-hydrogen) atoms. The SMILES string of the molecule is CCCc1c(Cl)ncnc1Sc1ccc(C(C)C)cc1. The molecule has 2 rings (SSSR count). The van der Waals surface area contributed by atoms with Crippen molar-refractivity contribution in [1.82, 2.24) is 9.97 Å². The van der Waals surface area contributed by atoms with Crippen LogP contribution in [0, 0.1) is 0 Å². The quantitative estimate of drug-likeness (QED) is 0.696. The summed E-state index contributed by atoms with van der Waals surface area (Å²) in [5, 5.41) is 1.53. The first-order valence-corrected chi connectivity index (χ1v) is 8.08. The van der Waals surface area contributed by atoms with Crippen LogP contribution in [0.4, 0.5) is 0 Å². The van der Waals surface area contributed by atoms with E-state index < -0.39 is 0 Å². The van der Waals surface area contributed by atoms with E-state index in [1.54, 1.807) is 11.8 Å². The van der Waals surface area contributed by atoms with Crippen molar-refractivity contribution in [3.8, 4) is 0 Å². The fourth-order valence-corrected chi connectivity index (χ4v) is 3.16. The number of aromatic nitrogens is 2. The Morgan fingerprint density at radius 3 is 2.45 bits per heavy atom. The van der Waals surface area contributed by atoms with Gasteiger partial charge in [-0.05, 0) is 30.0 Å². The van der Waals surface area contributed by atoms with Gasteiger partial charge in [0.2, 0.25) is 0 Å². The predicted molar refractivity (Wildman–Crippen MR) is 85.7 cm³/mol. The molecule has 0 bridgehead atoms. The fraction of sp³-hybridized carbons (Fsp3) is 0.375. The molecule has 0 saturated heterocycles. The summed E-state index contributed by atoms with van der Waals surface area (Å²) >= 11 is 7.83. The van der Waals surface area contributed by atoms with Gasteiger partial charge in [-0.3, -0.25) is 0 Å². The van der Waals surface area contributed by atoms with Crippen LogP contribution in [0.3, 0.4) is 0 Å². The smallest absolute Gasteiger partial charge is 0.136 e. The maximum atomic E-state index is 6.18. The van der Waals surface area contributed by atoms with Crippen LogP contribution in [-0.2, 0) is 6.42 Å². The molecule has 1 heterocycles. The Hall–Kier alpha value is -1.06.